The highest BCUT2D eigenvalue weighted by Gasteiger charge is 2.26. The standard InChI is InChI=1S/C21H24N2O2S/c1-14(16-7-5-10-22-21(16)25-2)20-17-6-3-4-8-18(17)26-19(20)9-11-23-12-15(24)13-23/h3-8,10,14-15,24H,9,11-13H2,1-2H3/t14-/m0/s1. The van der Waals surface area contributed by atoms with Crippen LogP contribution in [0, 0.1) is 0 Å². The Hall–Kier alpha value is -1.95. The summed E-state index contributed by atoms with van der Waals surface area (Å²) in [6.45, 7) is 4.83. The number of hydrogen-bond donors (Lipinski definition) is 1. The van der Waals surface area contributed by atoms with Crippen LogP contribution in [0.2, 0.25) is 0 Å². The van der Waals surface area contributed by atoms with Gasteiger partial charge in [0, 0.05) is 46.9 Å². The third kappa shape index (κ3) is 3.22. The molecular weight excluding hydrogens is 344 g/mol. The molecule has 1 aromatic carbocycles. The molecule has 0 unspecified atom stereocenters. The molecule has 2 aromatic heterocycles. The molecule has 0 amide bonds. The van der Waals surface area contributed by atoms with Crippen LogP contribution in [0.25, 0.3) is 10.1 Å². The van der Waals surface area contributed by atoms with E-state index < -0.39 is 0 Å². The van der Waals surface area contributed by atoms with Gasteiger partial charge in [0.15, 0.2) is 0 Å². The third-order valence-electron chi connectivity index (χ3n) is 5.20. The van der Waals surface area contributed by atoms with Crippen molar-refractivity contribution in [3.8, 4) is 5.88 Å². The molecule has 3 aromatic rings. The van der Waals surface area contributed by atoms with Crippen molar-refractivity contribution in [2.24, 2.45) is 0 Å². The van der Waals surface area contributed by atoms with Gasteiger partial charge in [0.05, 0.1) is 13.2 Å². The molecule has 4 rings (SSSR count). The van der Waals surface area contributed by atoms with Gasteiger partial charge in [-0.15, -0.1) is 11.3 Å². The number of methoxy groups -OCH3 is 1. The Balaban J connectivity index is 1.70. The van der Waals surface area contributed by atoms with Gasteiger partial charge in [-0.25, -0.2) is 4.98 Å². The Kier molecular flexibility index (Phi) is 4.94. The molecule has 26 heavy (non-hydrogen) atoms. The van der Waals surface area contributed by atoms with Gasteiger partial charge in [0.25, 0.3) is 0 Å². The highest BCUT2D eigenvalue weighted by Crippen LogP contribution is 2.41. The summed E-state index contributed by atoms with van der Waals surface area (Å²) in [5, 5.41) is 10.8. The Morgan fingerprint density at radius 3 is 2.85 bits per heavy atom. The fourth-order valence-corrected chi connectivity index (χ4v) is 5.11. The van der Waals surface area contributed by atoms with Gasteiger partial charge >= 0.3 is 0 Å². The van der Waals surface area contributed by atoms with Crippen molar-refractivity contribution in [1.82, 2.24) is 9.88 Å². The summed E-state index contributed by atoms with van der Waals surface area (Å²) in [4.78, 5) is 8.12. The summed E-state index contributed by atoms with van der Waals surface area (Å²) < 4.78 is 6.84. The minimum atomic E-state index is -0.143. The molecular formula is C21H24N2O2S. The highest BCUT2D eigenvalue weighted by molar-refractivity contribution is 7.19. The molecule has 3 heterocycles. The molecule has 0 saturated carbocycles. The predicted molar refractivity (Wildman–Crippen MR) is 106 cm³/mol. The zero-order chi connectivity index (χ0) is 18.1. The molecule has 1 saturated heterocycles. The van der Waals surface area contributed by atoms with Crippen LogP contribution < -0.4 is 4.74 Å². The first-order valence-corrected chi connectivity index (χ1v) is 9.88. The van der Waals surface area contributed by atoms with Crippen molar-refractivity contribution in [3.63, 3.8) is 0 Å². The first-order chi connectivity index (χ1) is 12.7. The van der Waals surface area contributed by atoms with Gasteiger partial charge in [-0.1, -0.05) is 31.2 Å². The number of pyridine rings is 1. The fraction of sp³-hybridized carbons (Fsp3) is 0.381. The van der Waals surface area contributed by atoms with Crippen LogP contribution in [-0.4, -0.2) is 47.8 Å². The number of ether oxygens (including phenoxy) is 1. The number of β-amino-alcohol motifs (C(OH)–C–C–N with tert-alkyl or cyclic N) is 1. The summed E-state index contributed by atoms with van der Waals surface area (Å²) >= 11 is 1.89. The number of benzene rings is 1. The fourth-order valence-electron chi connectivity index (χ4n) is 3.82. The molecule has 4 nitrogen and oxygen atoms in total. The first-order valence-electron chi connectivity index (χ1n) is 9.07. The van der Waals surface area contributed by atoms with Gasteiger partial charge in [-0.05, 0) is 29.5 Å². The summed E-state index contributed by atoms with van der Waals surface area (Å²) in [6, 6.07) is 12.7. The summed E-state index contributed by atoms with van der Waals surface area (Å²) in [5.41, 5.74) is 2.51. The highest BCUT2D eigenvalue weighted by atomic mass is 32.1. The molecule has 0 bridgehead atoms. The van der Waals surface area contributed by atoms with E-state index in [2.05, 4.69) is 47.1 Å². The summed E-state index contributed by atoms with van der Waals surface area (Å²) in [6.07, 6.45) is 2.64. The number of aromatic nitrogens is 1. The molecule has 136 valence electrons. The largest absolute Gasteiger partial charge is 0.481 e. The van der Waals surface area contributed by atoms with Crippen molar-refractivity contribution in [3.05, 3.63) is 58.6 Å². The number of hydrogen-bond acceptors (Lipinski definition) is 5. The van der Waals surface area contributed by atoms with Gasteiger partial charge in [0.2, 0.25) is 5.88 Å². The number of nitrogens with zero attached hydrogens (tertiary/aromatic N) is 2. The molecule has 1 N–H and O–H groups in total. The lowest BCUT2D eigenvalue weighted by atomic mass is 9.90. The lowest BCUT2D eigenvalue weighted by Gasteiger charge is -2.35. The zero-order valence-electron chi connectivity index (χ0n) is 15.2. The van der Waals surface area contributed by atoms with E-state index in [1.807, 2.05) is 17.4 Å². The van der Waals surface area contributed by atoms with Crippen molar-refractivity contribution < 1.29 is 9.84 Å². The van der Waals surface area contributed by atoms with Crippen LogP contribution in [0.15, 0.2) is 42.6 Å². The number of likely N-dealkylation sites (tertiary alicyclic amines) is 1. The van der Waals surface area contributed by atoms with Crippen molar-refractivity contribution in [2.75, 3.05) is 26.7 Å². The number of aliphatic hydroxyl groups is 1. The van der Waals surface area contributed by atoms with Crippen LogP contribution >= 0.6 is 11.3 Å². The van der Waals surface area contributed by atoms with E-state index in [1.54, 1.807) is 13.3 Å². The maximum atomic E-state index is 9.52. The second-order valence-corrected chi connectivity index (χ2v) is 8.06. The topological polar surface area (TPSA) is 45.6 Å². The lowest BCUT2D eigenvalue weighted by Crippen LogP contribution is -2.51. The van der Waals surface area contributed by atoms with Gasteiger partial charge in [-0.3, -0.25) is 4.90 Å². The van der Waals surface area contributed by atoms with Gasteiger partial charge in [-0.2, -0.15) is 0 Å². The average molecular weight is 369 g/mol. The van der Waals surface area contributed by atoms with Crippen LogP contribution in [0.4, 0.5) is 0 Å². The molecule has 0 aliphatic carbocycles. The summed E-state index contributed by atoms with van der Waals surface area (Å²) in [5.74, 6) is 0.916. The van der Waals surface area contributed by atoms with Gasteiger partial charge in [0.1, 0.15) is 0 Å². The van der Waals surface area contributed by atoms with E-state index in [0.717, 1.165) is 31.6 Å². The van der Waals surface area contributed by atoms with E-state index in [1.165, 1.54) is 20.5 Å². The lowest BCUT2D eigenvalue weighted by molar-refractivity contribution is 0.00319. The Labute approximate surface area is 158 Å². The number of aliphatic hydroxyl groups excluding tert-OH is 1. The molecule has 0 radical (unpaired) electrons. The number of rotatable bonds is 6. The minimum Gasteiger partial charge on any atom is -0.481 e. The molecule has 1 aliphatic rings. The minimum absolute atomic E-state index is 0.143. The van der Waals surface area contributed by atoms with Crippen molar-refractivity contribution >= 4 is 21.4 Å². The molecule has 5 heteroatoms. The van der Waals surface area contributed by atoms with Crippen LogP contribution in [0.5, 0.6) is 5.88 Å². The normalized spacial score (nSPS) is 16.6. The second-order valence-electron chi connectivity index (χ2n) is 6.92. The summed E-state index contributed by atoms with van der Waals surface area (Å²) in [7, 11) is 1.68. The SMILES string of the molecule is COc1ncccc1[C@H](C)c1c(CCN2CC(O)C2)sc2ccccc12. The number of thiophene rings is 1. The predicted octanol–water partition coefficient (Wildman–Crippen LogP) is 3.68. The van der Waals surface area contributed by atoms with Crippen LogP contribution in [-0.2, 0) is 6.42 Å². The van der Waals surface area contributed by atoms with Crippen LogP contribution in [0.3, 0.4) is 0 Å². The monoisotopic (exact) mass is 368 g/mol. The van der Waals surface area contributed by atoms with E-state index in [4.69, 9.17) is 4.74 Å². The zero-order valence-corrected chi connectivity index (χ0v) is 16.0. The Bertz CT molecular complexity index is 902. The maximum absolute atomic E-state index is 9.52. The molecule has 1 atom stereocenters. The van der Waals surface area contributed by atoms with E-state index in [9.17, 15) is 5.11 Å². The smallest absolute Gasteiger partial charge is 0.216 e. The Morgan fingerprint density at radius 1 is 1.27 bits per heavy atom. The van der Waals surface area contributed by atoms with E-state index in [0.29, 0.717) is 5.88 Å². The molecule has 1 fully saturated rings. The van der Waals surface area contributed by atoms with Crippen molar-refractivity contribution in [2.45, 2.75) is 25.4 Å². The van der Waals surface area contributed by atoms with Crippen molar-refractivity contribution in [1.29, 1.82) is 0 Å². The Morgan fingerprint density at radius 2 is 2.08 bits per heavy atom. The average Bonchev–Trinajstić information content (AvgIpc) is 3.02. The maximum Gasteiger partial charge on any atom is 0.216 e. The first kappa shape index (κ1) is 17.5. The molecule has 0 spiro atoms. The van der Waals surface area contributed by atoms with Crippen LogP contribution in [0.1, 0.15) is 28.8 Å². The van der Waals surface area contributed by atoms with E-state index >= 15 is 0 Å². The number of fused-ring (bicyclic) bond motifs is 1. The quantitative estimate of drug-likeness (QED) is 0.721. The third-order valence-corrected chi connectivity index (χ3v) is 6.44. The molecule has 1 aliphatic heterocycles. The van der Waals surface area contributed by atoms with E-state index in [-0.39, 0.29) is 12.0 Å². The second kappa shape index (κ2) is 7.35. The van der Waals surface area contributed by atoms with Gasteiger partial charge < -0.3 is 9.84 Å².